The first-order valence-corrected chi connectivity index (χ1v) is 9.38. The molecule has 0 aromatic carbocycles. The van der Waals surface area contributed by atoms with Crippen molar-refractivity contribution >= 4 is 11.9 Å². The number of carbonyl (C=O) groups is 2. The van der Waals surface area contributed by atoms with Crippen LogP contribution in [0, 0.1) is 11.8 Å². The molecule has 3 heterocycles. The Kier molecular flexibility index (Phi) is 5.79. The molecule has 0 saturated carbocycles. The number of aliphatic carboxylic acids is 1. The molecule has 0 unspecified atom stereocenters. The van der Waals surface area contributed by atoms with Gasteiger partial charge < -0.3 is 14.9 Å². The molecule has 3 rings (SSSR count). The molecule has 150 valence electrons. The first-order valence-electron chi connectivity index (χ1n) is 9.38. The summed E-state index contributed by atoms with van der Waals surface area (Å²) in [6.45, 7) is 4.23. The second-order valence-corrected chi connectivity index (χ2v) is 7.80. The first-order chi connectivity index (χ1) is 13.3. The van der Waals surface area contributed by atoms with Crippen LogP contribution in [0.3, 0.4) is 0 Å². The third-order valence-electron chi connectivity index (χ3n) is 5.47. The van der Waals surface area contributed by atoms with Gasteiger partial charge in [-0.25, -0.2) is 0 Å². The van der Waals surface area contributed by atoms with E-state index in [-0.39, 0.29) is 30.8 Å². The lowest BCUT2D eigenvalue weighted by molar-refractivity contribution is -0.151. The second-order valence-electron chi connectivity index (χ2n) is 7.80. The average Bonchev–Trinajstić information content (AvgIpc) is 3.27. The number of carboxylic acids is 1. The van der Waals surface area contributed by atoms with E-state index in [1.807, 2.05) is 24.8 Å². The highest BCUT2D eigenvalue weighted by Gasteiger charge is 2.57. The largest absolute Gasteiger partial charge is 0.480 e. The number of hydrogen-bond donors (Lipinski definition) is 2. The number of carboxylic acid groups (broad SMARTS) is 1. The number of likely N-dealkylation sites (tertiary alicyclic amines) is 1. The molecule has 2 aromatic rings. The molecule has 1 amide bonds. The van der Waals surface area contributed by atoms with Crippen LogP contribution in [0.4, 0.5) is 0 Å². The molecule has 2 N–H and O–H groups in total. The van der Waals surface area contributed by atoms with E-state index in [2.05, 4.69) is 15.5 Å². The van der Waals surface area contributed by atoms with Gasteiger partial charge in [0, 0.05) is 24.5 Å². The van der Waals surface area contributed by atoms with Crippen molar-refractivity contribution in [2.24, 2.45) is 11.8 Å². The molecule has 1 saturated heterocycles. The third-order valence-corrected chi connectivity index (χ3v) is 5.47. The Morgan fingerprint density at radius 1 is 1.43 bits per heavy atom. The van der Waals surface area contributed by atoms with Gasteiger partial charge in [0.2, 0.25) is 5.91 Å². The number of amides is 1. The molecule has 1 aliphatic heterocycles. The minimum atomic E-state index is -1.11. The Morgan fingerprint density at radius 3 is 2.79 bits per heavy atom. The van der Waals surface area contributed by atoms with E-state index in [0.29, 0.717) is 12.1 Å². The number of nitrogens with one attached hydrogen (secondary N) is 1. The lowest BCUT2D eigenvalue weighted by Gasteiger charge is -2.36. The molecule has 8 heteroatoms. The lowest BCUT2D eigenvalue weighted by Crippen LogP contribution is -2.50. The first kappa shape index (κ1) is 20.0. The summed E-state index contributed by atoms with van der Waals surface area (Å²) in [5, 5.41) is 16.8. The number of pyridine rings is 1. The summed E-state index contributed by atoms with van der Waals surface area (Å²) >= 11 is 0. The van der Waals surface area contributed by atoms with Crippen LogP contribution in [0.1, 0.15) is 44.0 Å². The fourth-order valence-corrected chi connectivity index (χ4v) is 4.26. The van der Waals surface area contributed by atoms with E-state index in [0.717, 1.165) is 5.56 Å². The van der Waals surface area contributed by atoms with Gasteiger partial charge in [-0.15, -0.1) is 0 Å². The summed E-state index contributed by atoms with van der Waals surface area (Å²) in [5.41, 5.74) is 0.340. The fraction of sp³-hybridized carbons (Fsp3) is 0.500. The van der Waals surface area contributed by atoms with Crippen LogP contribution in [-0.4, -0.2) is 44.6 Å². The second kappa shape index (κ2) is 8.10. The van der Waals surface area contributed by atoms with Crippen molar-refractivity contribution in [2.45, 2.75) is 44.8 Å². The van der Waals surface area contributed by atoms with Crippen molar-refractivity contribution in [3.8, 4) is 0 Å². The highest BCUT2D eigenvalue weighted by Crippen LogP contribution is 2.48. The van der Waals surface area contributed by atoms with Crippen molar-refractivity contribution in [1.82, 2.24) is 20.4 Å². The monoisotopic (exact) mass is 386 g/mol. The summed E-state index contributed by atoms with van der Waals surface area (Å²) in [6.07, 6.45) is 5.51. The van der Waals surface area contributed by atoms with Crippen molar-refractivity contribution in [3.05, 3.63) is 48.1 Å². The zero-order valence-corrected chi connectivity index (χ0v) is 16.3. The predicted molar refractivity (Wildman–Crippen MR) is 101 cm³/mol. The summed E-state index contributed by atoms with van der Waals surface area (Å²) < 4.78 is 4.79. The standard InChI is InChI=1S/C20H26N4O4/c1-13(2)9-20(19(26)27)10-16(18(25)22-12-15-6-8-28-23-15)17(24(20)3)14-5-4-7-21-11-14/h4-8,11,13,16-17H,9-10,12H2,1-3H3,(H,22,25)(H,26,27)/t16-,17-,20-/m0/s1. The molecule has 3 atom stereocenters. The van der Waals surface area contributed by atoms with Crippen LogP contribution in [-0.2, 0) is 16.1 Å². The Bertz CT molecular complexity index is 809. The van der Waals surface area contributed by atoms with Gasteiger partial charge in [0.05, 0.1) is 12.5 Å². The maximum Gasteiger partial charge on any atom is 0.324 e. The van der Waals surface area contributed by atoms with Crippen LogP contribution in [0.15, 0.2) is 41.4 Å². The topological polar surface area (TPSA) is 109 Å². The molecule has 28 heavy (non-hydrogen) atoms. The maximum atomic E-state index is 13.1. The molecule has 8 nitrogen and oxygen atoms in total. The van der Waals surface area contributed by atoms with E-state index < -0.39 is 17.4 Å². The van der Waals surface area contributed by atoms with Crippen LogP contribution in [0.5, 0.6) is 0 Å². The molecule has 0 spiro atoms. The summed E-state index contributed by atoms with van der Waals surface area (Å²) in [4.78, 5) is 31.4. The van der Waals surface area contributed by atoms with Gasteiger partial charge in [-0.2, -0.15) is 0 Å². The molecule has 2 aromatic heterocycles. The zero-order chi connectivity index (χ0) is 20.3. The van der Waals surface area contributed by atoms with E-state index in [4.69, 9.17) is 4.52 Å². The van der Waals surface area contributed by atoms with E-state index in [1.165, 1.54) is 6.26 Å². The molecule has 0 radical (unpaired) electrons. The van der Waals surface area contributed by atoms with Crippen LogP contribution in [0.25, 0.3) is 0 Å². The van der Waals surface area contributed by atoms with Gasteiger partial charge in [-0.1, -0.05) is 25.1 Å². The summed E-state index contributed by atoms with van der Waals surface area (Å²) in [5.74, 6) is -1.44. The SMILES string of the molecule is CC(C)C[C@@]1(C(=O)O)C[C@H](C(=O)NCc2ccon2)[C@H](c2cccnc2)N1C. The minimum absolute atomic E-state index is 0.171. The number of likely N-dealkylation sites (N-methyl/N-ethyl adjacent to an activating group) is 1. The van der Waals surface area contributed by atoms with Gasteiger partial charge in [0.15, 0.2) is 0 Å². The van der Waals surface area contributed by atoms with Gasteiger partial charge in [0.1, 0.15) is 17.5 Å². The van der Waals surface area contributed by atoms with E-state index in [9.17, 15) is 14.7 Å². The highest BCUT2D eigenvalue weighted by molar-refractivity contribution is 5.85. The van der Waals surface area contributed by atoms with Crippen molar-refractivity contribution in [3.63, 3.8) is 0 Å². The van der Waals surface area contributed by atoms with Gasteiger partial charge in [-0.05, 0) is 37.4 Å². The van der Waals surface area contributed by atoms with Gasteiger partial charge >= 0.3 is 5.97 Å². The Balaban J connectivity index is 1.92. The quantitative estimate of drug-likeness (QED) is 0.751. The van der Waals surface area contributed by atoms with Crippen LogP contribution >= 0.6 is 0 Å². The predicted octanol–water partition coefficient (Wildman–Crippen LogP) is 2.25. The lowest BCUT2D eigenvalue weighted by atomic mass is 9.83. The van der Waals surface area contributed by atoms with Crippen molar-refractivity contribution in [2.75, 3.05) is 7.05 Å². The van der Waals surface area contributed by atoms with Crippen LogP contribution in [0.2, 0.25) is 0 Å². The van der Waals surface area contributed by atoms with E-state index in [1.54, 1.807) is 31.6 Å². The molecular weight excluding hydrogens is 360 g/mol. The maximum absolute atomic E-state index is 13.1. The Morgan fingerprint density at radius 2 is 2.21 bits per heavy atom. The number of hydrogen-bond acceptors (Lipinski definition) is 6. The fourth-order valence-electron chi connectivity index (χ4n) is 4.26. The summed E-state index contributed by atoms with van der Waals surface area (Å²) in [7, 11) is 1.79. The van der Waals surface area contributed by atoms with E-state index >= 15 is 0 Å². The van der Waals surface area contributed by atoms with Crippen LogP contribution < -0.4 is 5.32 Å². The molecule has 0 bridgehead atoms. The number of nitrogens with zero attached hydrogens (tertiary/aromatic N) is 3. The molecule has 1 fully saturated rings. The minimum Gasteiger partial charge on any atom is -0.480 e. The smallest absolute Gasteiger partial charge is 0.324 e. The third kappa shape index (κ3) is 3.77. The van der Waals surface area contributed by atoms with Crippen molar-refractivity contribution < 1.29 is 19.2 Å². The van der Waals surface area contributed by atoms with Gasteiger partial charge in [0.25, 0.3) is 0 Å². The average molecular weight is 386 g/mol. The van der Waals surface area contributed by atoms with Crippen molar-refractivity contribution in [1.29, 1.82) is 0 Å². The number of rotatable bonds is 7. The normalized spacial score (nSPS) is 25.1. The van der Waals surface area contributed by atoms with Gasteiger partial charge in [-0.3, -0.25) is 19.5 Å². The Hall–Kier alpha value is -2.74. The molecule has 0 aliphatic carbocycles. The summed E-state index contributed by atoms with van der Waals surface area (Å²) in [6, 6.07) is 5.00. The number of carbonyl (C=O) groups excluding carboxylic acids is 1. The molecular formula is C20H26N4O4. The highest BCUT2D eigenvalue weighted by atomic mass is 16.5. The molecule has 1 aliphatic rings. The zero-order valence-electron chi connectivity index (χ0n) is 16.3. The Labute approximate surface area is 163 Å². The number of aromatic nitrogens is 2.